The fourth-order valence-corrected chi connectivity index (χ4v) is 4.46. The molecule has 0 bridgehead atoms. The zero-order valence-corrected chi connectivity index (χ0v) is 20.4. The van der Waals surface area contributed by atoms with Gasteiger partial charge in [0.15, 0.2) is 11.5 Å². The smallest absolute Gasteiger partial charge is 0.416 e. The van der Waals surface area contributed by atoms with Gasteiger partial charge >= 0.3 is 6.18 Å². The van der Waals surface area contributed by atoms with Crippen LogP contribution in [0.2, 0.25) is 0 Å². The lowest BCUT2D eigenvalue weighted by atomic mass is 10.1. The SMILES string of the molecule is COc1ccc(CCn2c(COc3cccc4ccccc34)nc3cc(C(F)(F)F)ccc32)cc1OC. The molecule has 0 fully saturated rings. The summed E-state index contributed by atoms with van der Waals surface area (Å²) >= 11 is 0. The molecule has 1 heterocycles. The number of imidazole rings is 1. The summed E-state index contributed by atoms with van der Waals surface area (Å²) in [6.45, 7) is 0.599. The van der Waals surface area contributed by atoms with E-state index in [-0.39, 0.29) is 12.1 Å². The van der Waals surface area contributed by atoms with Crippen molar-refractivity contribution in [2.45, 2.75) is 25.7 Å². The van der Waals surface area contributed by atoms with Crippen LogP contribution in [0.5, 0.6) is 17.2 Å². The molecule has 0 spiro atoms. The van der Waals surface area contributed by atoms with Gasteiger partial charge in [0.2, 0.25) is 0 Å². The zero-order valence-electron chi connectivity index (χ0n) is 20.4. The molecule has 0 N–H and O–H groups in total. The van der Waals surface area contributed by atoms with Crippen LogP contribution >= 0.6 is 0 Å². The van der Waals surface area contributed by atoms with Gasteiger partial charge in [-0.1, -0.05) is 42.5 Å². The van der Waals surface area contributed by atoms with E-state index in [1.807, 2.05) is 65.2 Å². The van der Waals surface area contributed by atoms with Crippen LogP contribution in [-0.4, -0.2) is 23.8 Å². The maximum Gasteiger partial charge on any atom is 0.416 e. The molecule has 5 rings (SSSR count). The molecule has 0 aliphatic rings. The minimum Gasteiger partial charge on any atom is -0.493 e. The number of ether oxygens (including phenoxy) is 3. The Kier molecular flexibility index (Phi) is 6.65. The zero-order chi connectivity index (χ0) is 26.0. The maximum atomic E-state index is 13.4. The maximum absolute atomic E-state index is 13.4. The Morgan fingerprint density at radius 3 is 2.38 bits per heavy atom. The van der Waals surface area contributed by atoms with Crippen molar-refractivity contribution < 1.29 is 27.4 Å². The Labute approximate surface area is 212 Å². The molecule has 0 aliphatic heterocycles. The summed E-state index contributed by atoms with van der Waals surface area (Å²) in [4.78, 5) is 4.55. The Bertz CT molecular complexity index is 1550. The molecule has 0 radical (unpaired) electrons. The highest BCUT2D eigenvalue weighted by Gasteiger charge is 2.31. The average Bonchev–Trinajstić information content (AvgIpc) is 3.26. The number of methoxy groups -OCH3 is 2. The largest absolute Gasteiger partial charge is 0.493 e. The van der Waals surface area contributed by atoms with Crippen molar-refractivity contribution in [3.63, 3.8) is 0 Å². The lowest BCUT2D eigenvalue weighted by Crippen LogP contribution is -2.09. The third kappa shape index (κ3) is 5.05. The molecule has 0 atom stereocenters. The molecule has 4 aromatic carbocycles. The molecular weight excluding hydrogens is 481 g/mol. The number of alkyl halides is 3. The van der Waals surface area contributed by atoms with Gasteiger partial charge in [0.25, 0.3) is 0 Å². The first kappa shape index (κ1) is 24.5. The highest BCUT2D eigenvalue weighted by atomic mass is 19.4. The van der Waals surface area contributed by atoms with Crippen molar-refractivity contribution in [2.24, 2.45) is 0 Å². The van der Waals surface area contributed by atoms with E-state index in [0.717, 1.165) is 28.5 Å². The second kappa shape index (κ2) is 10.0. The molecule has 37 heavy (non-hydrogen) atoms. The summed E-state index contributed by atoms with van der Waals surface area (Å²) in [5, 5.41) is 1.99. The highest BCUT2D eigenvalue weighted by Crippen LogP contribution is 2.33. The number of aromatic nitrogens is 2. The van der Waals surface area contributed by atoms with Crippen LogP contribution in [-0.2, 0) is 25.7 Å². The van der Waals surface area contributed by atoms with E-state index in [9.17, 15) is 13.2 Å². The third-order valence-corrected chi connectivity index (χ3v) is 6.33. The van der Waals surface area contributed by atoms with E-state index in [2.05, 4.69) is 4.98 Å². The van der Waals surface area contributed by atoms with E-state index < -0.39 is 11.7 Å². The number of hydrogen-bond acceptors (Lipinski definition) is 4. The summed E-state index contributed by atoms with van der Waals surface area (Å²) in [6, 6.07) is 23.0. The summed E-state index contributed by atoms with van der Waals surface area (Å²) in [5.74, 6) is 2.48. The van der Waals surface area contributed by atoms with E-state index >= 15 is 0 Å². The minimum absolute atomic E-state index is 0.107. The van der Waals surface area contributed by atoms with Gasteiger partial charge in [-0.3, -0.25) is 0 Å². The van der Waals surface area contributed by atoms with Crippen molar-refractivity contribution in [1.82, 2.24) is 9.55 Å². The molecule has 8 heteroatoms. The number of nitrogens with zero attached hydrogens (tertiary/aromatic N) is 2. The summed E-state index contributed by atoms with van der Waals surface area (Å²) in [6.07, 6.45) is -3.84. The van der Waals surface area contributed by atoms with Crippen molar-refractivity contribution in [3.8, 4) is 17.2 Å². The summed E-state index contributed by atoms with van der Waals surface area (Å²) in [7, 11) is 3.15. The fraction of sp³-hybridized carbons (Fsp3) is 0.207. The lowest BCUT2D eigenvalue weighted by Gasteiger charge is -2.13. The molecule has 0 saturated carbocycles. The molecule has 5 nitrogen and oxygen atoms in total. The van der Waals surface area contributed by atoms with Crippen molar-refractivity contribution in [1.29, 1.82) is 0 Å². The van der Waals surface area contributed by atoms with Gasteiger partial charge in [0.05, 0.1) is 30.8 Å². The van der Waals surface area contributed by atoms with E-state index in [0.29, 0.717) is 41.6 Å². The minimum atomic E-state index is -4.45. The quantitative estimate of drug-likeness (QED) is 0.226. The molecule has 190 valence electrons. The Morgan fingerprint density at radius 2 is 1.59 bits per heavy atom. The Hall–Kier alpha value is -4.20. The van der Waals surface area contributed by atoms with Crippen LogP contribution < -0.4 is 14.2 Å². The first-order valence-corrected chi connectivity index (χ1v) is 11.7. The molecule has 0 unspecified atom stereocenters. The normalized spacial score (nSPS) is 11.7. The lowest BCUT2D eigenvalue weighted by molar-refractivity contribution is -0.137. The van der Waals surface area contributed by atoms with Crippen LogP contribution in [0, 0.1) is 0 Å². The topological polar surface area (TPSA) is 45.5 Å². The molecule has 1 aromatic heterocycles. The number of rotatable bonds is 8. The first-order chi connectivity index (χ1) is 17.9. The van der Waals surface area contributed by atoms with Crippen molar-refractivity contribution in [3.05, 3.63) is 95.8 Å². The van der Waals surface area contributed by atoms with E-state index in [1.165, 1.54) is 6.07 Å². The average molecular weight is 507 g/mol. The summed E-state index contributed by atoms with van der Waals surface area (Å²) < 4.78 is 58.9. The van der Waals surface area contributed by atoms with Gasteiger partial charge in [-0.25, -0.2) is 4.98 Å². The number of halogens is 3. The predicted molar refractivity (Wildman–Crippen MR) is 136 cm³/mol. The van der Waals surface area contributed by atoms with Gasteiger partial charge in [0.1, 0.15) is 18.2 Å². The number of benzene rings is 4. The van der Waals surface area contributed by atoms with Crippen molar-refractivity contribution in [2.75, 3.05) is 14.2 Å². The second-order valence-corrected chi connectivity index (χ2v) is 8.59. The molecule has 0 amide bonds. The van der Waals surface area contributed by atoms with Crippen LogP contribution in [0.15, 0.2) is 78.9 Å². The summed E-state index contributed by atoms with van der Waals surface area (Å²) in [5.41, 5.74) is 1.15. The Morgan fingerprint density at radius 1 is 0.811 bits per heavy atom. The standard InChI is InChI=1S/C29H25F3N2O3/c1-35-26-13-10-19(16-27(26)36-2)14-15-34-24-12-11-21(29(30,31)32)17-23(24)33-28(34)18-37-25-9-5-7-20-6-3-4-8-22(20)25/h3-13,16-17H,14-15,18H2,1-2H3. The molecule has 0 aliphatic carbocycles. The van der Waals surface area contributed by atoms with Crippen LogP contribution in [0.4, 0.5) is 13.2 Å². The second-order valence-electron chi connectivity index (χ2n) is 8.59. The van der Waals surface area contributed by atoms with Crippen LogP contribution in [0.3, 0.4) is 0 Å². The molecular formula is C29H25F3N2O3. The molecule has 5 aromatic rings. The third-order valence-electron chi connectivity index (χ3n) is 6.33. The number of fused-ring (bicyclic) bond motifs is 2. The fourth-order valence-electron chi connectivity index (χ4n) is 4.46. The van der Waals surface area contributed by atoms with Crippen molar-refractivity contribution >= 4 is 21.8 Å². The van der Waals surface area contributed by atoms with Gasteiger partial charge in [-0.05, 0) is 53.8 Å². The Balaban J connectivity index is 1.48. The number of aryl methyl sites for hydroxylation is 2. The van der Waals surface area contributed by atoms with Gasteiger partial charge in [-0.15, -0.1) is 0 Å². The van der Waals surface area contributed by atoms with Crippen LogP contribution in [0.1, 0.15) is 17.0 Å². The van der Waals surface area contributed by atoms with Gasteiger partial charge in [0, 0.05) is 11.9 Å². The number of hydrogen-bond donors (Lipinski definition) is 0. The monoisotopic (exact) mass is 506 g/mol. The van der Waals surface area contributed by atoms with E-state index in [1.54, 1.807) is 14.2 Å². The van der Waals surface area contributed by atoms with Crippen LogP contribution in [0.25, 0.3) is 21.8 Å². The van der Waals surface area contributed by atoms with E-state index in [4.69, 9.17) is 14.2 Å². The van der Waals surface area contributed by atoms with Gasteiger partial charge in [-0.2, -0.15) is 13.2 Å². The predicted octanol–water partition coefficient (Wildman–Crippen LogP) is 7.05. The van der Waals surface area contributed by atoms with Gasteiger partial charge < -0.3 is 18.8 Å². The highest BCUT2D eigenvalue weighted by molar-refractivity contribution is 5.88. The first-order valence-electron chi connectivity index (χ1n) is 11.7. The molecule has 0 saturated heterocycles.